The van der Waals surface area contributed by atoms with Crippen LogP contribution in [0.2, 0.25) is 0 Å². The third-order valence-electron chi connectivity index (χ3n) is 5.53. The van der Waals surface area contributed by atoms with Crippen LogP contribution in [-0.4, -0.2) is 44.3 Å². The van der Waals surface area contributed by atoms with Gasteiger partial charge in [-0.05, 0) is 54.1 Å². The molecule has 1 fully saturated rings. The van der Waals surface area contributed by atoms with Gasteiger partial charge in [-0.3, -0.25) is 9.59 Å². The number of nitrogens with one attached hydrogen (secondary N) is 1. The lowest BCUT2D eigenvalue weighted by molar-refractivity contribution is 0.0698. The Labute approximate surface area is 191 Å². The maximum Gasteiger partial charge on any atom is 0.253 e. The molecular weight excluding hydrogens is 444 g/mol. The molecule has 0 unspecified atom stereocenters. The summed E-state index contributed by atoms with van der Waals surface area (Å²) in [4.78, 5) is 27.3. The summed E-state index contributed by atoms with van der Waals surface area (Å²) in [7, 11) is -3.48. The summed E-state index contributed by atoms with van der Waals surface area (Å²) in [5.74, 6) is -0.357. The highest BCUT2D eigenvalue weighted by Gasteiger charge is 2.25. The van der Waals surface area contributed by atoms with Crippen molar-refractivity contribution in [3.63, 3.8) is 0 Å². The first-order valence-electron chi connectivity index (χ1n) is 10.4. The van der Waals surface area contributed by atoms with Crippen molar-refractivity contribution in [2.24, 2.45) is 0 Å². The highest BCUT2D eigenvalue weighted by molar-refractivity contribution is 7.90. The molecule has 6 nitrogen and oxygen atoms in total. The SMILES string of the molecule is O=C(NC1CCN(C(=O)c2cccc(CS(=O)(=O)c3ccccc3)c2)CC1)c1ccsc1. The molecule has 1 N–H and O–H groups in total. The number of likely N-dealkylation sites (tertiary alicyclic amines) is 1. The van der Waals surface area contributed by atoms with Gasteiger partial charge in [-0.1, -0.05) is 30.3 Å². The standard InChI is InChI=1S/C24H24N2O4S2/c27-23(20-11-14-31-16-20)25-21-9-12-26(13-10-21)24(28)19-6-4-5-18(15-19)17-32(29,30)22-7-2-1-3-8-22/h1-8,11,14-16,21H,9-10,12-13,17H2,(H,25,27). The van der Waals surface area contributed by atoms with Crippen molar-refractivity contribution in [3.05, 3.63) is 88.1 Å². The van der Waals surface area contributed by atoms with E-state index in [4.69, 9.17) is 0 Å². The molecule has 1 aliphatic rings. The molecule has 3 aromatic rings. The van der Waals surface area contributed by atoms with Crippen LogP contribution in [0.3, 0.4) is 0 Å². The third-order valence-corrected chi connectivity index (χ3v) is 7.92. The molecule has 32 heavy (non-hydrogen) atoms. The predicted octanol–water partition coefficient (Wildman–Crippen LogP) is 3.76. The zero-order valence-electron chi connectivity index (χ0n) is 17.4. The van der Waals surface area contributed by atoms with Crippen molar-refractivity contribution in [1.29, 1.82) is 0 Å². The first kappa shape index (κ1) is 22.2. The topological polar surface area (TPSA) is 83.6 Å². The number of benzene rings is 2. The van der Waals surface area contributed by atoms with E-state index in [2.05, 4.69) is 5.32 Å². The van der Waals surface area contributed by atoms with Gasteiger partial charge in [0.15, 0.2) is 9.84 Å². The lowest BCUT2D eigenvalue weighted by Crippen LogP contribution is -2.46. The number of thiophene rings is 1. The maximum atomic E-state index is 13.0. The molecule has 4 rings (SSSR count). The second-order valence-electron chi connectivity index (χ2n) is 7.82. The van der Waals surface area contributed by atoms with E-state index in [1.165, 1.54) is 11.3 Å². The van der Waals surface area contributed by atoms with Crippen LogP contribution in [0.25, 0.3) is 0 Å². The van der Waals surface area contributed by atoms with Gasteiger partial charge in [-0.2, -0.15) is 11.3 Å². The Kier molecular flexibility index (Phi) is 6.72. The van der Waals surface area contributed by atoms with Gasteiger partial charge in [0.2, 0.25) is 0 Å². The van der Waals surface area contributed by atoms with Crippen molar-refractivity contribution >= 4 is 33.0 Å². The molecule has 2 amide bonds. The second kappa shape index (κ2) is 9.67. The highest BCUT2D eigenvalue weighted by atomic mass is 32.2. The van der Waals surface area contributed by atoms with E-state index in [1.807, 2.05) is 10.8 Å². The number of nitrogens with zero attached hydrogens (tertiary/aromatic N) is 1. The lowest BCUT2D eigenvalue weighted by Gasteiger charge is -2.32. The van der Waals surface area contributed by atoms with Gasteiger partial charge < -0.3 is 10.2 Å². The molecule has 2 heterocycles. The van der Waals surface area contributed by atoms with Crippen LogP contribution in [0, 0.1) is 0 Å². The van der Waals surface area contributed by atoms with Crippen LogP contribution in [0.1, 0.15) is 39.1 Å². The van der Waals surface area contributed by atoms with Gasteiger partial charge in [0.05, 0.1) is 10.6 Å². The highest BCUT2D eigenvalue weighted by Crippen LogP contribution is 2.19. The average molecular weight is 469 g/mol. The van der Waals surface area contributed by atoms with E-state index in [0.29, 0.717) is 42.6 Å². The van der Waals surface area contributed by atoms with Crippen LogP contribution in [0.15, 0.2) is 76.3 Å². The fourth-order valence-electron chi connectivity index (χ4n) is 3.80. The molecule has 1 saturated heterocycles. The number of amides is 2. The molecule has 2 aromatic carbocycles. The van der Waals surface area contributed by atoms with Gasteiger partial charge in [0.25, 0.3) is 11.8 Å². The average Bonchev–Trinajstić information content (AvgIpc) is 3.35. The Bertz CT molecular complexity index is 1180. The van der Waals surface area contributed by atoms with Crippen molar-refractivity contribution < 1.29 is 18.0 Å². The first-order valence-corrected chi connectivity index (χ1v) is 13.0. The van der Waals surface area contributed by atoms with E-state index in [-0.39, 0.29) is 28.5 Å². The largest absolute Gasteiger partial charge is 0.349 e. The molecular formula is C24H24N2O4S2. The van der Waals surface area contributed by atoms with Crippen molar-refractivity contribution in [1.82, 2.24) is 10.2 Å². The minimum Gasteiger partial charge on any atom is -0.349 e. The van der Waals surface area contributed by atoms with Crippen molar-refractivity contribution in [2.45, 2.75) is 29.5 Å². The Morgan fingerprint density at radius 2 is 1.72 bits per heavy atom. The summed E-state index contributed by atoms with van der Waals surface area (Å²) < 4.78 is 25.3. The Morgan fingerprint density at radius 3 is 2.41 bits per heavy atom. The summed E-state index contributed by atoms with van der Waals surface area (Å²) in [5, 5.41) is 6.72. The number of hydrogen-bond acceptors (Lipinski definition) is 5. The molecule has 0 bridgehead atoms. The molecule has 0 aliphatic carbocycles. The number of sulfone groups is 1. The van der Waals surface area contributed by atoms with Crippen LogP contribution >= 0.6 is 11.3 Å². The van der Waals surface area contributed by atoms with Gasteiger partial charge in [-0.25, -0.2) is 8.42 Å². The summed E-state index contributed by atoms with van der Waals surface area (Å²) in [5.41, 5.74) is 1.72. The number of hydrogen-bond donors (Lipinski definition) is 1. The third kappa shape index (κ3) is 5.26. The fraction of sp³-hybridized carbons (Fsp3) is 0.250. The molecule has 1 aliphatic heterocycles. The van der Waals surface area contributed by atoms with Crippen molar-refractivity contribution in [3.8, 4) is 0 Å². The number of piperidine rings is 1. The minimum atomic E-state index is -3.48. The van der Waals surface area contributed by atoms with Gasteiger partial charge in [0.1, 0.15) is 0 Å². The van der Waals surface area contributed by atoms with E-state index in [9.17, 15) is 18.0 Å². The van der Waals surface area contributed by atoms with E-state index in [0.717, 1.165) is 0 Å². The minimum absolute atomic E-state index is 0.0359. The summed E-state index contributed by atoms with van der Waals surface area (Å²) in [6.45, 7) is 1.08. The summed E-state index contributed by atoms with van der Waals surface area (Å²) in [6, 6.07) is 17.0. The predicted molar refractivity (Wildman–Crippen MR) is 124 cm³/mol. The van der Waals surface area contributed by atoms with Gasteiger partial charge in [0, 0.05) is 35.6 Å². The Hall–Kier alpha value is -2.97. The van der Waals surface area contributed by atoms with Crippen LogP contribution in [-0.2, 0) is 15.6 Å². The molecule has 0 spiro atoms. The number of carbonyl (C=O) groups excluding carboxylic acids is 2. The first-order chi connectivity index (χ1) is 15.4. The van der Waals surface area contributed by atoms with Crippen molar-refractivity contribution in [2.75, 3.05) is 13.1 Å². The molecule has 0 saturated carbocycles. The molecule has 1 aromatic heterocycles. The van der Waals surface area contributed by atoms with Crippen LogP contribution in [0.5, 0.6) is 0 Å². The normalized spacial score (nSPS) is 14.8. The summed E-state index contributed by atoms with van der Waals surface area (Å²) in [6.07, 6.45) is 1.37. The molecule has 0 radical (unpaired) electrons. The Balaban J connectivity index is 1.37. The van der Waals surface area contributed by atoms with Gasteiger partial charge >= 0.3 is 0 Å². The Morgan fingerprint density at radius 1 is 0.969 bits per heavy atom. The molecule has 166 valence electrons. The number of rotatable bonds is 6. The van der Waals surface area contributed by atoms with Gasteiger partial charge in [-0.15, -0.1) is 0 Å². The molecule has 8 heteroatoms. The van der Waals surface area contributed by atoms with Crippen LogP contribution in [0.4, 0.5) is 0 Å². The quantitative estimate of drug-likeness (QED) is 0.597. The molecule has 0 atom stereocenters. The zero-order valence-corrected chi connectivity index (χ0v) is 19.1. The number of carbonyl (C=O) groups is 2. The fourth-order valence-corrected chi connectivity index (χ4v) is 5.79. The lowest BCUT2D eigenvalue weighted by atomic mass is 10.0. The zero-order chi connectivity index (χ0) is 22.6. The van der Waals surface area contributed by atoms with Crippen LogP contribution < -0.4 is 5.32 Å². The smallest absolute Gasteiger partial charge is 0.253 e. The van der Waals surface area contributed by atoms with E-state index >= 15 is 0 Å². The van der Waals surface area contributed by atoms with E-state index in [1.54, 1.807) is 65.6 Å². The maximum absolute atomic E-state index is 13.0. The summed E-state index contributed by atoms with van der Waals surface area (Å²) >= 11 is 1.48. The monoisotopic (exact) mass is 468 g/mol. The van der Waals surface area contributed by atoms with E-state index < -0.39 is 9.84 Å². The second-order valence-corrected chi connectivity index (χ2v) is 10.6.